The van der Waals surface area contributed by atoms with E-state index in [-0.39, 0.29) is 35.8 Å². The first kappa shape index (κ1) is 24.4. The van der Waals surface area contributed by atoms with Gasteiger partial charge >= 0.3 is 0 Å². The molecule has 0 amide bonds. The second-order valence-corrected chi connectivity index (χ2v) is 12.0. The van der Waals surface area contributed by atoms with Crippen LogP contribution in [0.5, 0.6) is 5.75 Å². The van der Waals surface area contributed by atoms with Crippen molar-refractivity contribution in [2.24, 2.45) is 5.92 Å². The summed E-state index contributed by atoms with van der Waals surface area (Å²) in [5, 5.41) is 0.953. The van der Waals surface area contributed by atoms with Crippen LogP contribution in [0.2, 0.25) is 5.02 Å². The molecular weight excluding hydrogens is 518 g/mol. The minimum absolute atomic E-state index is 0.0175. The fraction of sp³-hybridized carbons (Fsp3) is 0.333. The zero-order valence-electron chi connectivity index (χ0n) is 18.4. The van der Waals surface area contributed by atoms with Gasteiger partial charge < -0.3 is 9.47 Å². The Labute approximate surface area is 211 Å². The highest BCUT2D eigenvalue weighted by Gasteiger charge is 2.61. The van der Waals surface area contributed by atoms with E-state index in [0.717, 1.165) is 12.1 Å². The smallest absolute Gasteiger partial charge is 0.189 e. The largest absolute Gasteiger partial charge is 0.490 e. The van der Waals surface area contributed by atoms with E-state index >= 15 is 4.39 Å². The number of hydrogen-bond acceptors (Lipinski definition) is 7. The third kappa shape index (κ3) is 4.20. The van der Waals surface area contributed by atoms with Crippen molar-refractivity contribution >= 4 is 33.2 Å². The average Bonchev–Trinajstić information content (AvgIpc) is 2.86. The van der Waals surface area contributed by atoms with E-state index in [1.54, 1.807) is 18.5 Å². The van der Waals surface area contributed by atoms with E-state index in [1.807, 2.05) is 0 Å². The van der Waals surface area contributed by atoms with Crippen LogP contribution in [-0.4, -0.2) is 43.5 Å². The Morgan fingerprint density at radius 2 is 1.80 bits per heavy atom. The fourth-order valence-corrected chi connectivity index (χ4v) is 8.23. The number of nitrogens with zero attached hydrogens (tertiary/aromatic N) is 2. The van der Waals surface area contributed by atoms with Gasteiger partial charge in [0, 0.05) is 35.7 Å². The van der Waals surface area contributed by atoms with Crippen molar-refractivity contribution in [3.05, 3.63) is 77.1 Å². The molecule has 0 bridgehead atoms. The average molecular weight is 539 g/mol. The van der Waals surface area contributed by atoms with Crippen molar-refractivity contribution in [2.45, 2.75) is 33.7 Å². The molecule has 0 unspecified atom stereocenters. The molecule has 0 radical (unpaired) electrons. The first-order valence-electron chi connectivity index (χ1n) is 11.0. The molecule has 3 aromatic rings. The molecule has 0 saturated carbocycles. The molecule has 184 valence electrons. The molecule has 6 nitrogen and oxygen atoms in total. The quantitative estimate of drug-likeness (QED) is 0.321. The number of sulfone groups is 1. The summed E-state index contributed by atoms with van der Waals surface area (Å²) in [4.78, 5) is 8.35. The Hall–Kier alpha value is -2.27. The van der Waals surface area contributed by atoms with E-state index in [4.69, 9.17) is 21.1 Å². The summed E-state index contributed by atoms with van der Waals surface area (Å²) in [6.07, 6.45) is 3.11. The second kappa shape index (κ2) is 9.65. The first-order valence-corrected chi connectivity index (χ1v) is 13.8. The van der Waals surface area contributed by atoms with Crippen LogP contribution in [0, 0.1) is 17.6 Å². The summed E-state index contributed by atoms with van der Waals surface area (Å²) in [6, 6.07) is 9.34. The van der Waals surface area contributed by atoms with Crippen LogP contribution in [-0.2, 0) is 19.3 Å². The lowest BCUT2D eigenvalue weighted by atomic mass is 9.75. The molecule has 1 fully saturated rings. The maximum Gasteiger partial charge on any atom is 0.189 e. The number of thioether (sulfide) groups is 1. The van der Waals surface area contributed by atoms with Crippen LogP contribution in [0.3, 0.4) is 0 Å². The van der Waals surface area contributed by atoms with E-state index in [0.29, 0.717) is 22.4 Å². The van der Waals surface area contributed by atoms with Crippen LogP contribution in [0.25, 0.3) is 0 Å². The van der Waals surface area contributed by atoms with Gasteiger partial charge in [0.2, 0.25) is 0 Å². The van der Waals surface area contributed by atoms with Crippen LogP contribution in [0.4, 0.5) is 8.78 Å². The number of aromatic nitrogens is 2. The van der Waals surface area contributed by atoms with Crippen molar-refractivity contribution in [1.29, 1.82) is 0 Å². The van der Waals surface area contributed by atoms with Gasteiger partial charge in [-0.3, -0.25) is 0 Å². The standard InChI is InChI=1S/C24H21ClF2N2O4S2/c25-15-2-4-16(5-3-15)35(30,31)24-9-12-32-20(8-13-34-23-28-10-1-11-29-23)17(24)14-33-22-19(27)7-6-18(26)21(22)24/h1-7,10-11,17,20H,8-9,12-14H2/t17-,20-,24-/m0/s1. The number of benzene rings is 2. The van der Waals surface area contributed by atoms with Gasteiger partial charge in [0.05, 0.1) is 23.2 Å². The lowest BCUT2D eigenvalue weighted by molar-refractivity contribution is -0.0731. The van der Waals surface area contributed by atoms with E-state index in [9.17, 15) is 12.8 Å². The summed E-state index contributed by atoms with van der Waals surface area (Å²) in [6.45, 7) is -0.0623. The summed E-state index contributed by atoms with van der Waals surface area (Å²) >= 11 is 7.39. The summed E-state index contributed by atoms with van der Waals surface area (Å²) in [7, 11) is -4.22. The van der Waals surface area contributed by atoms with Crippen molar-refractivity contribution < 1.29 is 26.7 Å². The minimum atomic E-state index is -4.22. The van der Waals surface area contributed by atoms with Gasteiger partial charge in [0.1, 0.15) is 10.6 Å². The van der Waals surface area contributed by atoms with Gasteiger partial charge in [0.15, 0.2) is 26.6 Å². The molecule has 0 aliphatic carbocycles. The van der Waals surface area contributed by atoms with Crippen LogP contribution in [0.15, 0.2) is 64.9 Å². The zero-order chi connectivity index (χ0) is 24.6. The van der Waals surface area contributed by atoms with Crippen LogP contribution >= 0.6 is 23.4 Å². The summed E-state index contributed by atoms with van der Waals surface area (Å²) in [5.74, 6) is -2.20. The van der Waals surface area contributed by atoms with Gasteiger partial charge in [-0.15, -0.1) is 0 Å². The van der Waals surface area contributed by atoms with Gasteiger partial charge in [-0.2, -0.15) is 0 Å². The number of ether oxygens (including phenoxy) is 2. The van der Waals surface area contributed by atoms with Gasteiger partial charge in [-0.25, -0.2) is 27.2 Å². The van der Waals surface area contributed by atoms with Gasteiger partial charge in [-0.05, 0) is 55.3 Å². The molecule has 3 atom stereocenters. The molecule has 1 saturated heterocycles. The first-order chi connectivity index (χ1) is 16.8. The number of hydrogen-bond donors (Lipinski definition) is 0. The Morgan fingerprint density at radius 3 is 2.54 bits per heavy atom. The summed E-state index contributed by atoms with van der Waals surface area (Å²) in [5.41, 5.74) is -0.268. The van der Waals surface area contributed by atoms with E-state index in [2.05, 4.69) is 9.97 Å². The zero-order valence-corrected chi connectivity index (χ0v) is 20.8. The predicted molar refractivity (Wildman–Crippen MR) is 127 cm³/mol. The number of rotatable bonds is 6. The Kier molecular flexibility index (Phi) is 6.73. The van der Waals surface area contributed by atoms with Gasteiger partial charge in [-0.1, -0.05) is 23.4 Å². The van der Waals surface area contributed by atoms with Crippen molar-refractivity contribution in [2.75, 3.05) is 19.0 Å². The van der Waals surface area contributed by atoms with E-state index < -0.39 is 38.2 Å². The third-order valence-electron chi connectivity index (χ3n) is 6.52. The molecule has 11 heteroatoms. The third-order valence-corrected chi connectivity index (χ3v) is 10.2. The monoisotopic (exact) mass is 538 g/mol. The maximum absolute atomic E-state index is 15.4. The lowest BCUT2D eigenvalue weighted by Gasteiger charge is -2.50. The molecule has 35 heavy (non-hydrogen) atoms. The molecule has 2 aromatic carbocycles. The Balaban J connectivity index is 1.58. The summed E-state index contributed by atoms with van der Waals surface area (Å²) < 4.78 is 68.6. The molecule has 5 rings (SSSR count). The van der Waals surface area contributed by atoms with Crippen molar-refractivity contribution in [3.8, 4) is 5.75 Å². The molecule has 2 aliphatic heterocycles. The highest BCUT2D eigenvalue weighted by atomic mass is 35.5. The maximum atomic E-state index is 15.4. The number of fused-ring (bicyclic) bond motifs is 3. The topological polar surface area (TPSA) is 78.4 Å². The SMILES string of the molecule is O=S(=O)(c1ccc(Cl)cc1)[C@@]12CCO[C@@H](CCSc3ncccn3)[C@@H]1COc1c(F)ccc(F)c12. The molecule has 2 aliphatic rings. The van der Waals surface area contributed by atoms with Crippen LogP contribution < -0.4 is 4.74 Å². The van der Waals surface area contributed by atoms with Crippen molar-refractivity contribution in [1.82, 2.24) is 9.97 Å². The van der Waals surface area contributed by atoms with Crippen molar-refractivity contribution in [3.63, 3.8) is 0 Å². The normalized spacial score (nSPS) is 23.7. The molecule has 3 heterocycles. The molecular formula is C24H21ClF2N2O4S2. The van der Waals surface area contributed by atoms with E-state index in [1.165, 1.54) is 36.0 Å². The lowest BCUT2D eigenvalue weighted by Crippen LogP contribution is -2.57. The minimum Gasteiger partial charge on any atom is -0.490 e. The Morgan fingerprint density at radius 1 is 1.09 bits per heavy atom. The fourth-order valence-electron chi connectivity index (χ4n) is 4.96. The van der Waals surface area contributed by atoms with Crippen LogP contribution in [0.1, 0.15) is 18.4 Å². The molecule has 0 N–H and O–H groups in total. The molecule has 1 aromatic heterocycles. The van der Waals surface area contributed by atoms with Gasteiger partial charge in [0.25, 0.3) is 0 Å². The number of halogens is 3. The second-order valence-electron chi connectivity index (χ2n) is 8.33. The highest BCUT2D eigenvalue weighted by Crippen LogP contribution is 2.56. The molecule has 0 spiro atoms. The Bertz CT molecular complexity index is 1330. The predicted octanol–water partition coefficient (Wildman–Crippen LogP) is 5.06. The highest BCUT2D eigenvalue weighted by molar-refractivity contribution is 7.99.